The second-order valence-electron chi connectivity index (χ2n) is 4.76. The molecule has 0 spiro atoms. The minimum atomic E-state index is -1.31. The molecule has 0 aliphatic rings. The van der Waals surface area contributed by atoms with E-state index < -0.39 is 23.9 Å². The Morgan fingerprint density at radius 1 is 1.24 bits per heavy atom. The predicted molar refractivity (Wildman–Crippen MR) is 75.0 cm³/mol. The predicted octanol–water partition coefficient (Wildman–Crippen LogP) is 0.722. The quantitative estimate of drug-likeness (QED) is 0.509. The second kappa shape index (κ2) is 6.60. The monoisotopic (exact) mass is 295 g/mol. The molecule has 1 rings (SSSR count). The number of hydrogen-bond donors (Lipinski definition) is 5. The number of benzene rings is 1. The highest BCUT2D eigenvalue weighted by Gasteiger charge is 2.22. The van der Waals surface area contributed by atoms with Gasteiger partial charge in [-0.3, -0.25) is 4.79 Å². The Hall–Kier alpha value is -2.77. The SMILES string of the molecule is CC(C)C(NC(=O)Nc1ccc(O)cc1C(=O)O)C(N)=O. The zero-order valence-corrected chi connectivity index (χ0v) is 11.6. The van der Waals surface area contributed by atoms with Crippen molar-refractivity contribution in [1.82, 2.24) is 5.32 Å². The van der Waals surface area contributed by atoms with Crippen LogP contribution in [0.15, 0.2) is 18.2 Å². The maximum Gasteiger partial charge on any atom is 0.337 e. The summed E-state index contributed by atoms with van der Waals surface area (Å²) in [7, 11) is 0. The van der Waals surface area contributed by atoms with Crippen molar-refractivity contribution >= 4 is 23.6 Å². The normalized spacial score (nSPS) is 11.8. The van der Waals surface area contributed by atoms with E-state index in [0.717, 1.165) is 6.07 Å². The molecule has 0 aliphatic carbocycles. The molecule has 8 heteroatoms. The minimum Gasteiger partial charge on any atom is -0.508 e. The standard InChI is InChI=1S/C13H17N3O5/c1-6(2)10(11(14)18)16-13(21)15-9-4-3-7(17)5-8(9)12(19)20/h3-6,10,17H,1-2H3,(H2,14,18)(H,19,20)(H2,15,16,21). The van der Waals surface area contributed by atoms with Gasteiger partial charge in [-0.2, -0.15) is 0 Å². The summed E-state index contributed by atoms with van der Waals surface area (Å²) in [5.74, 6) is -2.46. The van der Waals surface area contributed by atoms with Crippen LogP contribution in [0.1, 0.15) is 24.2 Å². The number of carboxylic acids is 1. The number of carbonyl (C=O) groups excluding carboxylic acids is 2. The molecule has 1 atom stereocenters. The molecule has 0 saturated carbocycles. The molecule has 0 aliphatic heterocycles. The van der Waals surface area contributed by atoms with Gasteiger partial charge in [0.2, 0.25) is 5.91 Å². The average Bonchev–Trinajstić information content (AvgIpc) is 2.37. The molecule has 114 valence electrons. The molecule has 0 saturated heterocycles. The molecule has 0 heterocycles. The van der Waals surface area contributed by atoms with Gasteiger partial charge in [-0.05, 0) is 24.1 Å². The van der Waals surface area contributed by atoms with Gasteiger partial charge in [0.05, 0.1) is 11.3 Å². The van der Waals surface area contributed by atoms with E-state index in [0.29, 0.717) is 0 Å². The van der Waals surface area contributed by atoms with Gasteiger partial charge in [0.1, 0.15) is 11.8 Å². The Bertz CT molecular complexity index is 571. The first-order valence-corrected chi connectivity index (χ1v) is 6.15. The van der Waals surface area contributed by atoms with Gasteiger partial charge in [0, 0.05) is 0 Å². The molecule has 6 N–H and O–H groups in total. The van der Waals surface area contributed by atoms with E-state index in [2.05, 4.69) is 10.6 Å². The van der Waals surface area contributed by atoms with Crippen molar-refractivity contribution in [3.05, 3.63) is 23.8 Å². The first-order chi connectivity index (χ1) is 9.72. The van der Waals surface area contributed by atoms with Crippen molar-refractivity contribution in [1.29, 1.82) is 0 Å². The number of carbonyl (C=O) groups is 3. The molecule has 0 radical (unpaired) electrons. The Labute approximate surface area is 120 Å². The number of phenols is 1. The number of aromatic carboxylic acids is 1. The fourth-order valence-corrected chi connectivity index (χ4v) is 1.68. The number of primary amides is 1. The highest BCUT2D eigenvalue weighted by Crippen LogP contribution is 2.21. The first-order valence-electron chi connectivity index (χ1n) is 6.15. The fraction of sp³-hybridized carbons (Fsp3) is 0.308. The third-order valence-corrected chi connectivity index (χ3v) is 2.74. The molecule has 8 nitrogen and oxygen atoms in total. The highest BCUT2D eigenvalue weighted by molar-refractivity contribution is 6.01. The third-order valence-electron chi connectivity index (χ3n) is 2.74. The van der Waals surface area contributed by atoms with Crippen LogP contribution in [0.2, 0.25) is 0 Å². The summed E-state index contributed by atoms with van der Waals surface area (Å²) in [5.41, 5.74) is 4.89. The van der Waals surface area contributed by atoms with Crippen LogP contribution in [0.4, 0.5) is 10.5 Å². The molecule has 0 fully saturated rings. The van der Waals surface area contributed by atoms with E-state index in [-0.39, 0.29) is 22.9 Å². The number of nitrogens with two attached hydrogens (primary N) is 1. The number of urea groups is 1. The Morgan fingerprint density at radius 3 is 2.33 bits per heavy atom. The smallest absolute Gasteiger partial charge is 0.337 e. The number of carboxylic acid groups (broad SMARTS) is 1. The summed E-state index contributed by atoms with van der Waals surface area (Å²) in [4.78, 5) is 34.0. The zero-order valence-electron chi connectivity index (χ0n) is 11.6. The van der Waals surface area contributed by atoms with Gasteiger partial charge < -0.3 is 26.6 Å². The van der Waals surface area contributed by atoms with Gasteiger partial charge in [-0.15, -0.1) is 0 Å². The Morgan fingerprint density at radius 2 is 1.86 bits per heavy atom. The van der Waals surface area contributed by atoms with Crippen molar-refractivity contribution in [2.45, 2.75) is 19.9 Å². The van der Waals surface area contributed by atoms with E-state index in [4.69, 9.17) is 10.8 Å². The molecule has 0 bridgehead atoms. The van der Waals surface area contributed by atoms with Crippen molar-refractivity contribution in [3.8, 4) is 5.75 Å². The van der Waals surface area contributed by atoms with Gasteiger partial charge in [-0.25, -0.2) is 9.59 Å². The number of rotatable bonds is 5. The molecular formula is C13H17N3O5. The minimum absolute atomic E-state index is 0.00947. The van der Waals surface area contributed by atoms with Gasteiger partial charge in [0.25, 0.3) is 0 Å². The van der Waals surface area contributed by atoms with Crippen LogP contribution < -0.4 is 16.4 Å². The van der Waals surface area contributed by atoms with Crippen LogP contribution in [0, 0.1) is 5.92 Å². The number of aromatic hydroxyl groups is 1. The van der Waals surface area contributed by atoms with Crippen LogP contribution in [0.5, 0.6) is 5.75 Å². The number of hydrogen-bond acceptors (Lipinski definition) is 4. The van der Waals surface area contributed by atoms with Crippen molar-refractivity contribution in [2.75, 3.05) is 5.32 Å². The molecule has 0 aromatic heterocycles. The van der Waals surface area contributed by atoms with Gasteiger partial charge in [0.15, 0.2) is 0 Å². The van der Waals surface area contributed by atoms with Crippen LogP contribution >= 0.6 is 0 Å². The second-order valence-corrected chi connectivity index (χ2v) is 4.76. The largest absolute Gasteiger partial charge is 0.508 e. The third kappa shape index (κ3) is 4.37. The highest BCUT2D eigenvalue weighted by atomic mass is 16.4. The number of amides is 3. The fourth-order valence-electron chi connectivity index (χ4n) is 1.68. The van der Waals surface area contributed by atoms with Crippen LogP contribution in [-0.4, -0.2) is 34.2 Å². The van der Waals surface area contributed by atoms with E-state index >= 15 is 0 Å². The summed E-state index contributed by atoms with van der Waals surface area (Å²) in [6, 6.07) is 1.84. The topological polar surface area (TPSA) is 142 Å². The van der Waals surface area contributed by atoms with E-state index in [1.165, 1.54) is 12.1 Å². The lowest BCUT2D eigenvalue weighted by Gasteiger charge is -2.19. The van der Waals surface area contributed by atoms with E-state index in [1.54, 1.807) is 13.8 Å². The van der Waals surface area contributed by atoms with Crippen LogP contribution in [0.25, 0.3) is 0 Å². The number of anilines is 1. The molecule has 1 aromatic carbocycles. The van der Waals surface area contributed by atoms with Gasteiger partial charge in [-0.1, -0.05) is 13.8 Å². The first kappa shape index (κ1) is 16.3. The van der Waals surface area contributed by atoms with Crippen molar-refractivity contribution in [3.63, 3.8) is 0 Å². The van der Waals surface area contributed by atoms with Crippen molar-refractivity contribution in [2.24, 2.45) is 11.7 Å². The van der Waals surface area contributed by atoms with Crippen molar-refractivity contribution < 1.29 is 24.6 Å². The van der Waals surface area contributed by atoms with Gasteiger partial charge >= 0.3 is 12.0 Å². The van der Waals surface area contributed by atoms with Crippen LogP contribution in [0.3, 0.4) is 0 Å². The zero-order chi connectivity index (χ0) is 16.2. The summed E-state index contributed by atoms with van der Waals surface area (Å²) >= 11 is 0. The molecular weight excluding hydrogens is 278 g/mol. The summed E-state index contributed by atoms with van der Waals surface area (Å²) in [5, 5.41) is 22.9. The lowest BCUT2D eigenvalue weighted by molar-refractivity contribution is -0.120. The van der Waals surface area contributed by atoms with Crippen LogP contribution in [-0.2, 0) is 4.79 Å². The summed E-state index contributed by atoms with van der Waals surface area (Å²) in [6.07, 6.45) is 0. The van der Waals surface area contributed by atoms with E-state index in [9.17, 15) is 19.5 Å². The lowest BCUT2D eigenvalue weighted by atomic mass is 10.0. The average molecular weight is 295 g/mol. The molecule has 3 amide bonds. The Kier molecular flexibility index (Phi) is 5.12. The summed E-state index contributed by atoms with van der Waals surface area (Å²) < 4.78 is 0. The molecule has 1 unspecified atom stereocenters. The summed E-state index contributed by atoms with van der Waals surface area (Å²) in [6.45, 7) is 3.41. The van der Waals surface area contributed by atoms with E-state index in [1.807, 2.05) is 0 Å². The lowest BCUT2D eigenvalue weighted by Crippen LogP contribution is -2.49. The number of nitrogens with one attached hydrogen (secondary N) is 2. The maximum absolute atomic E-state index is 11.8. The molecule has 1 aromatic rings. The molecule has 21 heavy (non-hydrogen) atoms. The number of phenolic OH excluding ortho intramolecular Hbond substituents is 1. The maximum atomic E-state index is 11.8. The Balaban J connectivity index is 2.89.